The monoisotopic (exact) mass is 379 g/mol. The Morgan fingerprint density at radius 2 is 1.96 bits per heavy atom. The highest BCUT2D eigenvalue weighted by Crippen LogP contribution is 2.46. The summed E-state index contributed by atoms with van der Waals surface area (Å²) in [5.74, 6) is 0.995. The maximum absolute atomic E-state index is 6.47. The number of piperidine rings is 1. The van der Waals surface area contributed by atoms with Crippen LogP contribution in [0.15, 0.2) is 18.6 Å². The number of anilines is 1. The predicted molar refractivity (Wildman–Crippen MR) is 110 cm³/mol. The van der Waals surface area contributed by atoms with Crippen molar-refractivity contribution < 1.29 is 0 Å². The van der Waals surface area contributed by atoms with Gasteiger partial charge in [-0.15, -0.1) is 0 Å². The third kappa shape index (κ3) is 2.49. The van der Waals surface area contributed by atoms with E-state index in [-0.39, 0.29) is 0 Å². The highest BCUT2D eigenvalue weighted by molar-refractivity contribution is 5.80. The van der Waals surface area contributed by atoms with Crippen LogP contribution in [0.25, 0.3) is 16.9 Å². The van der Waals surface area contributed by atoms with Gasteiger partial charge in [0.05, 0.1) is 23.1 Å². The normalized spacial score (nSPS) is 21.9. The van der Waals surface area contributed by atoms with Crippen molar-refractivity contribution in [1.29, 1.82) is 0 Å². The summed E-state index contributed by atoms with van der Waals surface area (Å²) in [6.45, 7) is 6.19. The van der Waals surface area contributed by atoms with E-state index in [0.717, 1.165) is 60.0 Å². The number of fused-ring (bicyclic) bond motifs is 1. The van der Waals surface area contributed by atoms with Gasteiger partial charge in [-0.25, -0.2) is 9.97 Å². The topological polar surface area (TPSA) is 77.3 Å². The number of hydrogen-bond acceptors (Lipinski definition) is 5. The molecule has 2 N–H and O–H groups in total. The average molecular weight is 380 g/mol. The second kappa shape index (κ2) is 6.30. The van der Waals surface area contributed by atoms with Crippen LogP contribution in [0.3, 0.4) is 0 Å². The van der Waals surface area contributed by atoms with Crippen LogP contribution >= 0.6 is 0 Å². The number of imidazole rings is 1. The largest absolute Gasteiger partial charge is 0.342 e. The van der Waals surface area contributed by atoms with Crippen LogP contribution in [0.5, 0.6) is 0 Å². The molecule has 28 heavy (non-hydrogen) atoms. The molecule has 1 aliphatic carbocycles. The first kappa shape index (κ1) is 17.7. The lowest BCUT2D eigenvalue weighted by atomic mass is 9.74. The van der Waals surface area contributed by atoms with Crippen molar-refractivity contribution in [3.05, 3.63) is 29.8 Å². The van der Waals surface area contributed by atoms with Crippen molar-refractivity contribution in [1.82, 2.24) is 24.1 Å². The van der Waals surface area contributed by atoms with Gasteiger partial charge < -0.3 is 10.6 Å². The van der Waals surface area contributed by atoms with E-state index in [1.807, 2.05) is 30.3 Å². The van der Waals surface area contributed by atoms with Crippen LogP contribution < -0.4 is 10.6 Å². The highest BCUT2D eigenvalue weighted by Gasteiger charge is 2.43. The molecule has 4 heterocycles. The summed E-state index contributed by atoms with van der Waals surface area (Å²) in [5, 5.41) is 4.41. The standard InChI is InChI=1S/C21H29N7/c1-14-13-24-26(3)18(14)17-15(2)25-20(28-12-9-23-19(17)28)27-10-7-21(8-11-27)6-4-5-16(21)22/h9,12-13,16H,4-8,10-11,22H2,1-3H3/t16-/m1/s1. The van der Waals surface area contributed by atoms with E-state index < -0.39 is 0 Å². The molecule has 5 rings (SSSR count). The van der Waals surface area contributed by atoms with Crippen LogP contribution in [0.4, 0.5) is 5.95 Å². The highest BCUT2D eigenvalue weighted by atomic mass is 15.3. The van der Waals surface area contributed by atoms with Crippen LogP contribution in [0, 0.1) is 19.3 Å². The molecular weight excluding hydrogens is 350 g/mol. The number of aromatic nitrogens is 5. The van der Waals surface area contributed by atoms with Crippen molar-refractivity contribution >= 4 is 11.6 Å². The van der Waals surface area contributed by atoms with Gasteiger partial charge >= 0.3 is 0 Å². The summed E-state index contributed by atoms with van der Waals surface area (Å²) in [7, 11) is 1.98. The minimum atomic E-state index is 0.353. The fourth-order valence-electron chi connectivity index (χ4n) is 5.42. The minimum absolute atomic E-state index is 0.353. The Morgan fingerprint density at radius 3 is 2.61 bits per heavy atom. The zero-order valence-corrected chi connectivity index (χ0v) is 17.0. The molecule has 2 aliphatic rings. The second-order valence-electron chi connectivity index (χ2n) is 8.64. The SMILES string of the molecule is Cc1cnn(C)c1-c1c(C)nc(N2CCC3(CCC[C@H]3N)CC2)n2ccnc12. The van der Waals surface area contributed by atoms with Crippen molar-refractivity contribution in [3.63, 3.8) is 0 Å². The smallest absolute Gasteiger partial charge is 0.211 e. The number of nitrogens with two attached hydrogens (primary N) is 1. The van der Waals surface area contributed by atoms with E-state index in [2.05, 4.69) is 28.2 Å². The van der Waals surface area contributed by atoms with Gasteiger partial charge in [-0.2, -0.15) is 5.10 Å². The van der Waals surface area contributed by atoms with Gasteiger partial charge in [0.25, 0.3) is 0 Å². The van der Waals surface area contributed by atoms with Gasteiger partial charge in [0.15, 0.2) is 5.65 Å². The van der Waals surface area contributed by atoms with E-state index >= 15 is 0 Å². The summed E-state index contributed by atoms with van der Waals surface area (Å²) >= 11 is 0. The molecule has 1 spiro atoms. The van der Waals surface area contributed by atoms with E-state index in [1.54, 1.807) is 0 Å². The number of rotatable bonds is 2. The molecule has 1 saturated heterocycles. The zero-order valence-electron chi connectivity index (χ0n) is 17.0. The Balaban J connectivity index is 1.54. The van der Waals surface area contributed by atoms with Gasteiger partial charge in [-0.05, 0) is 50.5 Å². The molecule has 0 amide bonds. The number of nitrogens with zero attached hydrogens (tertiary/aromatic N) is 6. The molecule has 3 aromatic rings. The Hall–Kier alpha value is -2.41. The molecule has 2 fully saturated rings. The first-order valence-corrected chi connectivity index (χ1v) is 10.3. The van der Waals surface area contributed by atoms with Crippen LogP contribution in [0.2, 0.25) is 0 Å². The zero-order chi connectivity index (χ0) is 19.5. The molecule has 1 saturated carbocycles. The van der Waals surface area contributed by atoms with Crippen LogP contribution in [-0.2, 0) is 7.05 Å². The summed E-state index contributed by atoms with van der Waals surface area (Å²) < 4.78 is 4.06. The Labute approximate surface area is 165 Å². The number of hydrogen-bond donors (Lipinski definition) is 1. The quantitative estimate of drug-likeness (QED) is 0.741. The lowest BCUT2D eigenvalue weighted by Crippen LogP contribution is -2.47. The molecule has 0 unspecified atom stereocenters. The Kier molecular flexibility index (Phi) is 3.98. The summed E-state index contributed by atoms with van der Waals surface area (Å²) in [6, 6.07) is 0.368. The fraction of sp³-hybridized carbons (Fsp3) is 0.571. The van der Waals surface area contributed by atoms with Gasteiger partial charge in [-0.1, -0.05) is 6.42 Å². The summed E-state index contributed by atoms with van der Waals surface area (Å²) in [4.78, 5) is 12.2. The molecule has 0 aromatic carbocycles. The fourth-order valence-corrected chi connectivity index (χ4v) is 5.42. The van der Waals surface area contributed by atoms with E-state index in [1.165, 1.54) is 19.3 Å². The summed E-state index contributed by atoms with van der Waals surface area (Å²) in [5.41, 5.74) is 12.1. The Bertz CT molecular complexity index is 1000. The molecule has 1 atom stereocenters. The second-order valence-corrected chi connectivity index (χ2v) is 8.64. The van der Waals surface area contributed by atoms with Crippen molar-refractivity contribution in [2.24, 2.45) is 18.2 Å². The van der Waals surface area contributed by atoms with Gasteiger partial charge in [-0.3, -0.25) is 9.08 Å². The summed E-state index contributed by atoms with van der Waals surface area (Å²) in [6.07, 6.45) is 11.9. The van der Waals surface area contributed by atoms with Gasteiger partial charge in [0.2, 0.25) is 5.95 Å². The van der Waals surface area contributed by atoms with Crippen molar-refractivity contribution in [3.8, 4) is 11.3 Å². The maximum Gasteiger partial charge on any atom is 0.211 e. The molecule has 7 nitrogen and oxygen atoms in total. The van der Waals surface area contributed by atoms with Crippen molar-refractivity contribution in [2.75, 3.05) is 18.0 Å². The van der Waals surface area contributed by atoms with E-state index in [0.29, 0.717) is 11.5 Å². The molecule has 3 aromatic heterocycles. The molecule has 7 heteroatoms. The molecule has 148 valence electrons. The van der Waals surface area contributed by atoms with Gasteiger partial charge in [0, 0.05) is 38.6 Å². The predicted octanol–water partition coefficient (Wildman–Crippen LogP) is 2.84. The lowest BCUT2D eigenvalue weighted by molar-refractivity contribution is 0.197. The molecular formula is C21H29N7. The Morgan fingerprint density at radius 1 is 1.18 bits per heavy atom. The maximum atomic E-state index is 6.47. The molecule has 1 aliphatic heterocycles. The molecule has 0 radical (unpaired) electrons. The van der Waals surface area contributed by atoms with Gasteiger partial charge in [0.1, 0.15) is 0 Å². The molecule has 0 bridgehead atoms. The number of aryl methyl sites for hydroxylation is 3. The van der Waals surface area contributed by atoms with Crippen molar-refractivity contribution in [2.45, 2.75) is 52.0 Å². The van der Waals surface area contributed by atoms with Crippen LogP contribution in [-0.4, -0.2) is 43.3 Å². The first-order valence-electron chi connectivity index (χ1n) is 10.3. The lowest BCUT2D eigenvalue weighted by Gasteiger charge is -2.42. The van der Waals surface area contributed by atoms with E-state index in [9.17, 15) is 0 Å². The first-order chi connectivity index (χ1) is 13.5. The third-order valence-electron chi connectivity index (χ3n) is 7.09. The minimum Gasteiger partial charge on any atom is -0.342 e. The third-order valence-corrected chi connectivity index (χ3v) is 7.09. The van der Waals surface area contributed by atoms with Crippen LogP contribution in [0.1, 0.15) is 43.4 Å². The average Bonchev–Trinajstić information content (AvgIpc) is 3.38. The van der Waals surface area contributed by atoms with E-state index in [4.69, 9.17) is 15.7 Å².